The van der Waals surface area contributed by atoms with E-state index in [-0.39, 0.29) is 6.04 Å². The van der Waals surface area contributed by atoms with Crippen molar-refractivity contribution in [2.24, 2.45) is 0 Å². The summed E-state index contributed by atoms with van der Waals surface area (Å²) in [4.78, 5) is 0. The molecule has 0 bridgehead atoms. The average molecular weight is 255 g/mol. The Morgan fingerprint density at radius 2 is 2.05 bits per heavy atom. The van der Waals surface area contributed by atoms with E-state index in [4.69, 9.17) is 0 Å². The van der Waals surface area contributed by atoms with Gasteiger partial charge in [0.25, 0.3) is 0 Å². The minimum atomic E-state index is 0.229. The lowest BCUT2D eigenvalue weighted by molar-refractivity contribution is 0.644. The second-order valence-electron chi connectivity index (χ2n) is 4.83. The number of likely N-dealkylation sites (N-methyl/N-ethyl adjacent to an activating group) is 1. The lowest BCUT2D eigenvalue weighted by Gasteiger charge is -2.12. The van der Waals surface area contributed by atoms with Crippen LogP contribution in [0.15, 0.2) is 54.4 Å². The fourth-order valence-corrected chi connectivity index (χ4v) is 2.05. The van der Waals surface area contributed by atoms with Crippen LogP contribution >= 0.6 is 0 Å². The highest BCUT2D eigenvalue weighted by atomic mass is 15.3. The molecule has 0 aliphatic carbocycles. The molecule has 1 atom stereocenters. The molecule has 0 fully saturated rings. The smallest absolute Gasteiger partial charge is 0.0645 e. The zero-order valence-electron chi connectivity index (χ0n) is 11.8. The van der Waals surface area contributed by atoms with Crippen LogP contribution in [0.1, 0.15) is 32.4 Å². The fraction of sp³-hybridized carbons (Fsp3) is 0.312. The molecule has 100 valence electrons. The maximum atomic E-state index is 4.44. The van der Waals surface area contributed by atoms with Crippen LogP contribution in [-0.4, -0.2) is 16.3 Å². The van der Waals surface area contributed by atoms with Gasteiger partial charge in [0.15, 0.2) is 0 Å². The number of aromatic nitrogens is 2. The number of benzene rings is 1. The Bertz CT molecular complexity index is 536. The summed E-state index contributed by atoms with van der Waals surface area (Å²) in [6, 6.07) is 10.4. The number of rotatable bonds is 5. The molecule has 1 N–H and O–H groups in total. The molecule has 3 nitrogen and oxygen atoms in total. The number of hydrogen-bond donors (Lipinski definition) is 1. The molecule has 0 saturated heterocycles. The standard InChI is InChI=1S/C16H21N3/c1-4-17-16(10-13(2)3)14-11-18-19(12-14)15-8-6-5-7-9-15/h5-12,16-17H,4H2,1-3H3. The predicted molar refractivity (Wildman–Crippen MR) is 79.4 cm³/mol. The van der Waals surface area contributed by atoms with E-state index in [2.05, 4.69) is 55.6 Å². The van der Waals surface area contributed by atoms with Crippen molar-refractivity contribution in [3.8, 4) is 5.69 Å². The molecule has 0 aliphatic rings. The Balaban J connectivity index is 2.26. The van der Waals surface area contributed by atoms with Crippen molar-refractivity contribution in [2.75, 3.05) is 6.54 Å². The van der Waals surface area contributed by atoms with Crippen LogP contribution in [0, 0.1) is 0 Å². The first-order valence-electron chi connectivity index (χ1n) is 6.69. The van der Waals surface area contributed by atoms with Gasteiger partial charge in [-0.05, 0) is 32.5 Å². The average Bonchev–Trinajstić information content (AvgIpc) is 2.88. The van der Waals surface area contributed by atoms with Gasteiger partial charge in [-0.15, -0.1) is 0 Å². The number of nitrogens with one attached hydrogen (secondary N) is 1. The summed E-state index contributed by atoms with van der Waals surface area (Å²) in [5.41, 5.74) is 3.58. The molecule has 19 heavy (non-hydrogen) atoms. The Morgan fingerprint density at radius 3 is 2.68 bits per heavy atom. The zero-order chi connectivity index (χ0) is 13.7. The molecule has 1 unspecified atom stereocenters. The number of hydrogen-bond acceptors (Lipinski definition) is 2. The molecule has 3 heteroatoms. The topological polar surface area (TPSA) is 29.9 Å². The van der Waals surface area contributed by atoms with E-state index in [0.717, 1.165) is 12.2 Å². The van der Waals surface area contributed by atoms with Gasteiger partial charge in [-0.25, -0.2) is 4.68 Å². The summed E-state index contributed by atoms with van der Waals surface area (Å²) < 4.78 is 1.92. The van der Waals surface area contributed by atoms with Crippen LogP contribution in [-0.2, 0) is 0 Å². The van der Waals surface area contributed by atoms with Gasteiger partial charge >= 0.3 is 0 Å². The molecular formula is C16H21N3. The summed E-state index contributed by atoms with van der Waals surface area (Å²) >= 11 is 0. The van der Waals surface area contributed by atoms with Crippen molar-refractivity contribution < 1.29 is 0 Å². The monoisotopic (exact) mass is 255 g/mol. The predicted octanol–water partition coefficient (Wildman–Crippen LogP) is 3.49. The molecule has 2 aromatic rings. The van der Waals surface area contributed by atoms with E-state index in [1.807, 2.05) is 29.1 Å². The van der Waals surface area contributed by atoms with E-state index in [0.29, 0.717) is 0 Å². The zero-order valence-corrected chi connectivity index (χ0v) is 11.8. The SMILES string of the molecule is CCNC(C=C(C)C)c1cnn(-c2ccccc2)c1. The van der Waals surface area contributed by atoms with Gasteiger partial charge in [0.05, 0.1) is 17.9 Å². The Kier molecular flexibility index (Phi) is 4.53. The molecular weight excluding hydrogens is 234 g/mol. The molecule has 0 aliphatic heterocycles. The van der Waals surface area contributed by atoms with E-state index in [1.54, 1.807) is 0 Å². The summed E-state index contributed by atoms with van der Waals surface area (Å²) in [7, 11) is 0. The highest BCUT2D eigenvalue weighted by Gasteiger charge is 2.10. The van der Waals surface area contributed by atoms with Gasteiger partial charge in [0.2, 0.25) is 0 Å². The van der Waals surface area contributed by atoms with Crippen molar-refractivity contribution in [2.45, 2.75) is 26.8 Å². The molecule has 1 aromatic carbocycles. The summed E-state index contributed by atoms with van der Waals surface area (Å²) in [6.07, 6.45) is 6.25. The number of para-hydroxylation sites is 1. The Hall–Kier alpha value is -1.87. The number of allylic oxidation sites excluding steroid dienone is 1. The van der Waals surface area contributed by atoms with Crippen LogP contribution in [0.3, 0.4) is 0 Å². The van der Waals surface area contributed by atoms with E-state index >= 15 is 0 Å². The normalized spacial score (nSPS) is 12.2. The third-order valence-corrected chi connectivity index (χ3v) is 2.91. The summed E-state index contributed by atoms with van der Waals surface area (Å²) in [5.74, 6) is 0. The molecule has 1 aromatic heterocycles. The highest BCUT2D eigenvalue weighted by molar-refractivity contribution is 5.32. The van der Waals surface area contributed by atoms with Gasteiger partial charge < -0.3 is 5.32 Å². The van der Waals surface area contributed by atoms with Gasteiger partial charge in [-0.2, -0.15) is 5.10 Å². The van der Waals surface area contributed by atoms with Crippen LogP contribution in [0.5, 0.6) is 0 Å². The Morgan fingerprint density at radius 1 is 1.32 bits per heavy atom. The van der Waals surface area contributed by atoms with Gasteiger partial charge in [0, 0.05) is 11.8 Å². The van der Waals surface area contributed by atoms with Crippen molar-refractivity contribution in [3.63, 3.8) is 0 Å². The summed E-state index contributed by atoms with van der Waals surface area (Å²) in [5, 5.41) is 7.91. The first kappa shape index (κ1) is 13.6. The van der Waals surface area contributed by atoms with Gasteiger partial charge in [0.1, 0.15) is 0 Å². The largest absolute Gasteiger partial charge is 0.307 e. The van der Waals surface area contributed by atoms with Crippen molar-refractivity contribution in [1.82, 2.24) is 15.1 Å². The fourth-order valence-electron chi connectivity index (χ4n) is 2.05. The lowest BCUT2D eigenvalue weighted by atomic mass is 10.1. The number of nitrogens with zero attached hydrogens (tertiary/aromatic N) is 2. The lowest BCUT2D eigenvalue weighted by Crippen LogP contribution is -2.18. The van der Waals surface area contributed by atoms with Crippen molar-refractivity contribution in [1.29, 1.82) is 0 Å². The maximum Gasteiger partial charge on any atom is 0.0645 e. The van der Waals surface area contributed by atoms with Gasteiger partial charge in [-0.1, -0.05) is 36.8 Å². The molecule has 0 spiro atoms. The van der Waals surface area contributed by atoms with Crippen LogP contribution in [0.2, 0.25) is 0 Å². The van der Waals surface area contributed by atoms with Crippen LogP contribution in [0.4, 0.5) is 0 Å². The van der Waals surface area contributed by atoms with Crippen molar-refractivity contribution >= 4 is 0 Å². The molecule has 0 saturated carbocycles. The van der Waals surface area contributed by atoms with Crippen molar-refractivity contribution in [3.05, 3.63) is 59.9 Å². The van der Waals surface area contributed by atoms with E-state index in [1.165, 1.54) is 11.1 Å². The minimum Gasteiger partial charge on any atom is -0.307 e. The third-order valence-electron chi connectivity index (χ3n) is 2.91. The second kappa shape index (κ2) is 6.34. The van der Waals surface area contributed by atoms with E-state index < -0.39 is 0 Å². The minimum absolute atomic E-state index is 0.229. The second-order valence-corrected chi connectivity index (χ2v) is 4.83. The maximum absolute atomic E-state index is 4.44. The molecule has 0 amide bonds. The van der Waals surface area contributed by atoms with Crippen LogP contribution in [0.25, 0.3) is 5.69 Å². The molecule has 1 heterocycles. The Labute approximate surface area is 115 Å². The van der Waals surface area contributed by atoms with E-state index in [9.17, 15) is 0 Å². The molecule has 2 rings (SSSR count). The quantitative estimate of drug-likeness (QED) is 0.829. The van der Waals surface area contributed by atoms with Crippen LogP contribution < -0.4 is 5.32 Å². The third kappa shape index (κ3) is 3.55. The first-order valence-corrected chi connectivity index (χ1v) is 6.69. The summed E-state index contributed by atoms with van der Waals surface area (Å²) in [6.45, 7) is 7.29. The first-order chi connectivity index (χ1) is 9.20. The molecule has 0 radical (unpaired) electrons. The van der Waals surface area contributed by atoms with Gasteiger partial charge in [-0.3, -0.25) is 0 Å². The highest BCUT2D eigenvalue weighted by Crippen LogP contribution is 2.17.